The van der Waals surface area contributed by atoms with E-state index >= 15 is 0 Å². The lowest BCUT2D eigenvalue weighted by molar-refractivity contribution is -0.122. The van der Waals surface area contributed by atoms with Gasteiger partial charge in [-0.2, -0.15) is 0 Å². The first-order valence-electron chi connectivity index (χ1n) is 8.19. The zero-order valence-corrected chi connectivity index (χ0v) is 14.1. The summed E-state index contributed by atoms with van der Waals surface area (Å²) in [7, 11) is 0. The highest BCUT2D eigenvalue weighted by Gasteiger charge is 2.17. The van der Waals surface area contributed by atoms with E-state index < -0.39 is 0 Å². The lowest BCUT2D eigenvalue weighted by Crippen LogP contribution is -2.34. The number of hydrogen-bond donors (Lipinski definition) is 4. The minimum atomic E-state index is -0.216. The molecule has 0 radical (unpaired) electrons. The largest absolute Gasteiger partial charge is 0.369 e. The number of carbonyl (C=O) groups is 1. The van der Waals surface area contributed by atoms with Gasteiger partial charge in [-0.15, -0.1) is 0 Å². The number of piperidine rings is 1. The second kappa shape index (κ2) is 14.1. The van der Waals surface area contributed by atoms with Gasteiger partial charge in [0.15, 0.2) is 0 Å². The minimum absolute atomic E-state index is 0.131. The molecule has 1 aromatic rings. The molecule has 132 valence electrons. The summed E-state index contributed by atoms with van der Waals surface area (Å²) in [4.78, 5) is 10.5. The topological polar surface area (TPSA) is 107 Å². The molecular weight excluding hydrogens is 295 g/mol. The Hall–Kier alpha value is -1.50. The number of rotatable bonds is 4. The quantitative estimate of drug-likeness (QED) is 0.672. The third-order valence-corrected chi connectivity index (χ3v) is 3.45. The minimum Gasteiger partial charge on any atom is -0.369 e. The van der Waals surface area contributed by atoms with Crippen LogP contribution < -0.4 is 22.5 Å². The summed E-state index contributed by atoms with van der Waals surface area (Å²) < 4.78 is 12.2. The van der Waals surface area contributed by atoms with Gasteiger partial charge < -0.3 is 22.5 Å². The molecule has 1 aromatic carbocycles. The molecule has 2 rings (SSSR count). The number of primary amides is 1. The fourth-order valence-corrected chi connectivity index (χ4v) is 1.93. The molecule has 1 amide bonds. The molecule has 1 fully saturated rings. The second-order valence-electron chi connectivity index (χ2n) is 5.40. The molecule has 0 aromatic heterocycles. The summed E-state index contributed by atoms with van der Waals surface area (Å²) >= 11 is 0. The van der Waals surface area contributed by atoms with Crippen LogP contribution in [0.3, 0.4) is 0 Å². The fourth-order valence-electron chi connectivity index (χ4n) is 1.93. The third-order valence-electron chi connectivity index (χ3n) is 3.45. The Bertz CT molecular complexity index is 404. The number of benzene rings is 1. The van der Waals surface area contributed by atoms with E-state index in [0.29, 0.717) is 6.54 Å². The maximum atomic E-state index is 12.2. The Morgan fingerprint density at radius 3 is 2.09 bits per heavy atom. The van der Waals surface area contributed by atoms with Crippen LogP contribution >= 0.6 is 0 Å². The van der Waals surface area contributed by atoms with Crippen molar-refractivity contribution in [3.8, 4) is 0 Å². The van der Waals surface area contributed by atoms with Gasteiger partial charge in [0.2, 0.25) is 5.91 Å². The van der Waals surface area contributed by atoms with Crippen molar-refractivity contribution >= 4 is 5.91 Å². The Morgan fingerprint density at radius 1 is 1.22 bits per heavy atom. The van der Waals surface area contributed by atoms with Crippen molar-refractivity contribution in [2.75, 3.05) is 19.6 Å². The van der Waals surface area contributed by atoms with Crippen LogP contribution in [-0.2, 0) is 11.3 Å². The number of nitrogens with one attached hydrogen (secondary N) is 1. The lowest BCUT2D eigenvalue weighted by Gasteiger charge is -2.18. The smallest absolute Gasteiger partial charge is 0.220 e. The molecule has 0 spiro atoms. The lowest BCUT2D eigenvalue weighted by atomic mass is 9.98. The molecule has 0 unspecified atom stereocenters. The highest BCUT2D eigenvalue weighted by atomic mass is 19.1. The molecule has 1 aliphatic heterocycles. The monoisotopic (exact) mass is 326 g/mol. The summed E-state index contributed by atoms with van der Waals surface area (Å²) in [5.41, 5.74) is 16.5. The van der Waals surface area contributed by atoms with Crippen molar-refractivity contribution in [3.05, 3.63) is 35.6 Å². The summed E-state index contributed by atoms with van der Waals surface area (Å²) in [6.07, 6.45) is 4.21. The van der Waals surface area contributed by atoms with Crippen LogP contribution in [0.1, 0.15) is 38.2 Å². The average molecular weight is 326 g/mol. The zero-order valence-electron chi connectivity index (χ0n) is 14.1. The molecule has 5 nitrogen and oxygen atoms in total. The standard InChI is InChI=1S/C7H8FN.C6H12N2O.C4H11N/c8-7-3-1-6(5-9)2-4-7;7-6(9)5-1-3-8-4-2-5;1-2-3-4-5/h1-4H,5,9H2;5,8H,1-4H2,(H2,7,9);2-5H2,1H3. The SMILES string of the molecule is CCCCN.NC(=O)C1CCNCC1.NCc1ccc(F)cc1. The summed E-state index contributed by atoms with van der Waals surface area (Å²) in [5.74, 6) is -0.227. The van der Waals surface area contributed by atoms with Crippen LogP contribution in [-0.4, -0.2) is 25.5 Å². The normalized spacial score (nSPS) is 14.1. The van der Waals surface area contributed by atoms with Crippen LogP contribution in [0.15, 0.2) is 24.3 Å². The molecule has 1 saturated heterocycles. The van der Waals surface area contributed by atoms with Gasteiger partial charge in [0, 0.05) is 12.5 Å². The molecule has 0 saturated carbocycles. The molecule has 1 heterocycles. The second-order valence-corrected chi connectivity index (χ2v) is 5.40. The highest BCUT2D eigenvalue weighted by Crippen LogP contribution is 2.09. The highest BCUT2D eigenvalue weighted by molar-refractivity contribution is 5.76. The van der Waals surface area contributed by atoms with E-state index in [1.165, 1.54) is 25.0 Å². The van der Waals surface area contributed by atoms with Gasteiger partial charge in [-0.3, -0.25) is 4.79 Å². The number of hydrogen-bond acceptors (Lipinski definition) is 4. The van der Waals surface area contributed by atoms with Gasteiger partial charge in [-0.1, -0.05) is 25.5 Å². The van der Waals surface area contributed by atoms with Crippen molar-refractivity contribution in [1.82, 2.24) is 5.32 Å². The van der Waals surface area contributed by atoms with Gasteiger partial charge in [0.25, 0.3) is 0 Å². The van der Waals surface area contributed by atoms with E-state index in [1.54, 1.807) is 12.1 Å². The Labute approximate surface area is 138 Å². The summed E-state index contributed by atoms with van der Waals surface area (Å²) in [6.45, 7) is 5.32. The van der Waals surface area contributed by atoms with Crippen molar-refractivity contribution in [2.45, 2.75) is 39.2 Å². The molecule has 6 heteroatoms. The van der Waals surface area contributed by atoms with E-state index in [4.69, 9.17) is 17.2 Å². The van der Waals surface area contributed by atoms with Crippen molar-refractivity contribution in [3.63, 3.8) is 0 Å². The van der Waals surface area contributed by atoms with E-state index in [1.807, 2.05) is 0 Å². The van der Waals surface area contributed by atoms with Gasteiger partial charge in [0.1, 0.15) is 5.82 Å². The van der Waals surface area contributed by atoms with E-state index in [-0.39, 0.29) is 17.6 Å². The van der Waals surface area contributed by atoms with Crippen molar-refractivity contribution in [1.29, 1.82) is 0 Å². The maximum absolute atomic E-state index is 12.2. The first-order valence-corrected chi connectivity index (χ1v) is 8.19. The number of halogens is 1. The predicted molar refractivity (Wildman–Crippen MR) is 93.0 cm³/mol. The van der Waals surface area contributed by atoms with Crippen molar-refractivity contribution < 1.29 is 9.18 Å². The molecule has 1 aliphatic rings. The van der Waals surface area contributed by atoms with Gasteiger partial charge in [-0.25, -0.2) is 4.39 Å². The molecule has 0 bridgehead atoms. The number of nitrogens with two attached hydrogens (primary N) is 3. The maximum Gasteiger partial charge on any atom is 0.220 e. The Morgan fingerprint density at radius 2 is 1.78 bits per heavy atom. The first-order chi connectivity index (χ1) is 11.0. The molecule has 0 atom stereocenters. The molecular formula is C17H31FN4O. The van der Waals surface area contributed by atoms with E-state index in [2.05, 4.69) is 12.2 Å². The van der Waals surface area contributed by atoms with E-state index in [0.717, 1.165) is 38.0 Å². The number of unbranched alkanes of at least 4 members (excludes halogenated alkanes) is 1. The first kappa shape index (κ1) is 21.5. The van der Waals surface area contributed by atoms with Crippen LogP contribution in [0, 0.1) is 11.7 Å². The number of amides is 1. The van der Waals surface area contributed by atoms with Gasteiger partial charge in [-0.05, 0) is 56.6 Å². The fraction of sp³-hybridized carbons (Fsp3) is 0.588. The number of carbonyl (C=O) groups excluding carboxylic acids is 1. The Balaban J connectivity index is 0.000000332. The summed E-state index contributed by atoms with van der Waals surface area (Å²) in [6, 6.07) is 6.16. The van der Waals surface area contributed by atoms with Gasteiger partial charge in [0.05, 0.1) is 0 Å². The van der Waals surface area contributed by atoms with Crippen LogP contribution in [0.4, 0.5) is 4.39 Å². The predicted octanol–water partition coefficient (Wildman–Crippen LogP) is 1.50. The van der Waals surface area contributed by atoms with Crippen molar-refractivity contribution in [2.24, 2.45) is 23.1 Å². The van der Waals surface area contributed by atoms with E-state index in [9.17, 15) is 9.18 Å². The molecule has 7 N–H and O–H groups in total. The third kappa shape index (κ3) is 11.7. The average Bonchev–Trinajstić information content (AvgIpc) is 2.58. The summed E-state index contributed by atoms with van der Waals surface area (Å²) in [5, 5.41) is 3.16. The van der Waals surface area contributed by atoms with Gasteiger partial charge >= 0.3 is 0 Å². The molecule has 23 heavy (non-hydrogen) atoms. The molecule has 0 aliphatic carbocycles. The zero-order chi connectivity index (χ0) is 17.5. The Kier molecular flexibility index (Phi) is 13.2. The van der Waals surface area contributed by atoms with Crippen LogP contribution in [0.25, 0.3) is 0 Å². The van der Waals surface area contributed by atoms with Crippen LogP contribution in [0.5, 0.6) is 0 Å². The van der Waals surface area contributed by atoms with Crippen LogP contribution in [0.2, 0.25) is 0 Å².